The molecular weight excluding hydrogens is 422 g/mol. The van der Waals surface area contributed by atoms with Crippen LogP contribution in [-0.2, 0) is 19.1 Å². The molecule has 0 unspecified atom stereocenters. The van der Waals surface area contributed by atoms with Crippen molar-refractivity contribution < 1.29 is 29.0 Å². The van der Waals surface area contributed by atoms with Crippen molar-refractivity contribution in [1.29, 1.82) is 0 Å². The van der Waals surface area contributed by atoms with Gasteiger partial charge in [-0.3, -0.25) is 9.69 Å². The van der Waals surface area contributed by atoms with Crippen LogP contribution in [0.1, 0.15) is 50.7 Å². The van der Waals surface area contributed by atoms with Crippen LogP contribution in [0.3, 0.4) is 0 Å². The summed E-state index contributed by atoms with van der Waals surface area (Å²) in [5.74, 6) is -1.82. The number of fused-ring (bicyclic) bond motifs is 3. The summed E-state index contributed by atoms with van der Waals surface area (Å²) in [6.45, 7) is 5.55. The van der Waals surface area contributed by atoms with Crippen molar-refractivity contribution in [2.75, 3.05) is 13.2 Å². The van der Waals surface area contributed by atoms with Gasteiger partial charge in [0.25, 0.3) is 0 Å². The van der Waals surface area contributed by atoms with E-state index in [0.717, 1.165) is 22.3 Å². The summed E-state index contributed by atoms with van der Waals surface area (Å²) in [6.07, 6.45) is -0.428. The monoisotopic (exact) mass is 451 g/mol. The first-order valence-electron chi connectivity index (χ1n) is 11.2. The Morgan fingerprint density at radius 2 is 1.58 bits per heavy atom. The smallest absolute Gasteiger partial charge is 0.411 e. The highest BCUT2D eigenvalue weighted by Crippen LogP contribution is 2.44. The normalized spacial score (nSPS) is 19.7. The Bertz CT molecular complexity index is 1030. The fourth-order valence-corrected chi connectivity index (χ4v) is 4.74. The zero-order chi connectivity index (χ0) is 23.8. The summed E-state index contributed by atoms with van der Waals surface area (Å²) in [5, 5.41) is 9.55. The summed E-state index contributed by atoms with van der Waals surface area (Å²) in [5.41, 5.74) is 3.85. The summed E-state index contributed by atoms with van der Waals surface area (Å²) < 4.78 is 11.0. The number of hydrogen-bond acceptors (Lipinski definition) is 5. The molecule has 0 aromatic heterocycles. The van der Waals surface area contributed by atoms with Gasteiger partial charge in [-0.25, -0.2) is 9.59 Å². The van der Waals surface area contributed by atoms with E-state index in [1.165, 1.54) is 4.90 Å². The molecule has 0 saturated carbocycles. The van der Waals surface area contributed by atoms with Crippen molar-refractivity contribution >= 4 is 18.0 Å². The summed E-state index contributed by atoms with van der Waals surface area (Å²) in [4.78, 5) is 38.0. The highest BCUT2D eigenvalue weighted by molar-refractivity contribution is 5.82. The number of amides is 1. The number of carbonyl (C=O) groups is 3. The second kappa shape index (κ2) is 8.89. The van der Waals surface area contributed by atoms with Crippen LogP contribution in [0.25, 0.3) is 11.1 Å². The topological polar surface area (TPSA) is 93.1 Å². The van der Waals surface area contributed by atoms with Crippen LogP contribution < -0.4 is 0 Å². The van der Waals surface area contributed by atoms with Gasteiger partial charge in [-0.15, -0.1) is 0 Å². The van der Waals surface area contributed by atoms with Gasteiger partial charge in [0.05, 0.1) is 6.42 Å². The van der Waals surface area contributed by atoms with Gasteiger partial charge in [0.15, 0.2) is 0 Å². The fourth-order valence-electron chi connectivity index (χ4n) is 4.74. The maximum absolute atomic E-state index is 12.7. The molecule has 1 heterocycles. The molecule has 1 fully saturated rings. The molecule has 0 spiro atoms. The first-order valence-corrected chi connectivity index (χ1v) is 11.2. The standard InChI is InChI=1S/C26H29NO6/c1-26(2,3)33-25(31)27-14-16(12-22(27)24(29)30)13-23(28)32-15-21-19-10-6-4-8-17(19)18-9-5-7-11-20(18)21/h4-11,16,21-22H,12-15H2,1-3H3,(H,29,30)/t16-,22-/m0/s1. The van der Waals surface area contributed by atoms with E-state index in [-0.39, 0.29) is 37.8 Å². The SMILES string of the molecule is CC(C)(C)OC(=O)N1C[C@H](CC(=O)OCC2c3ccccc3-c3ccccc32)C[C@H]1C(=O)O. The Kier molecular flexibility index (Phi) is 6.15. The third-order valence-corrected chi connectivity index (χ3v) is 6.13. The van der Waals surface area contributed by atoms with E-state index in [2.05, 4.69) is 24.3 Å². The number of aliphatic carboxylic acids is 1. The molecule has 2 aromatic rings. The average molecular weight is 452 g/mol. The Balaban J connectivity index is 1.39. The molecule has 2 aromatic carbocycles. The molecule has 2 atom stereocenters. The van der Waals surface area contributed by atoms with Crippen molar-refractivity contribution in [1.82, 2.24) is 4.90 Å². The highest BCUT2D eigenvalue weighted by atomic mass is 16.6. The van der Waals surface area contributed by atoms with E-state index in [1.54, 1.807) is 20.8 Å². The van der Waals surface area contributed by atoms with Gasteiger partial charge in [-0.1, -0.05) is 48.5 Å². The number of likely N-dealkylation sites (tertiary alicyclic amines) is 1. The number of carboxylic acid groups (broad SMARTS) is 1. The van der Waals surface area contributed by atoms with Crippen molar-refractivity contribution in [3.8, 4) is 11.1 Å². The van der Waals surface area contributed by atoms with E-state index in [0.29, 0.717) is 0 Å². The molecule has 1 N–H and O–H groups in total. The fraction of sp³-hybridized carbons (Fsp3) is 0.423. The number of benzene rings is 2. The van der Waals surface area contributed by atoms with Crippen LogP contribution in [0.5, 0.6) is 0 Å². The number of rotatable bonds is 5. The lowest BCUT2D eigenvalue weighted by Crippen LogP contribution is -2.43. The van der Waals surface area contributed by atoms with Gasteiger partial charge in [0.1, 0.15) is 18.2 Å². The third kappa shape index (κ3) is 4.87. The van der Waals surface area contributed by atoms with Crippen molar-refractivity contribution in [2.24, 2.45) is 5.92 Å². The predicted molar refractivity (Wildman–Crippen MR) is 122 cm³/mol. The van der Waals surface area contributed by atoms with Crippen LogP contribution in [0.15, 0.2) is 48.5 Å². The van der Waals surface area contributed by atoms with Crippen LogP contribution >= 0.6 is 0 Å². The van der Waals surface area contributed by atoms with Gasteiger partial charge in [-0.2, -0.15) is 0 Å². The van der Waals surface area contributed by atoms with E-state index in [4.69, 9.17) is 9.47 Å². The van der Waals surface area contributed by atoms with E-state index >= 15 is 0 Å². The Morgan fingerprint density at radius 3 is 2.12 bits per heavy atom. The minimum Gasteiger partial charge on any atom is -0.480 e. The van der Waals surface area contributed by atoms with Gasteiger partial charge >= 0.3 is 18.0 Å². The molecule has 1 aliphatic heterocycles. The first kappa shape index (κ1) is 22.8. The Morgan fingerprint density at radius 1 is 1.00 bits per heavy atom. The highest BCUT2D eigenvalue weighted by Gasteiger charge is 2.42. The molecule has 1 amide bonds. The zero-order valence-electron chi connectivity index (χ0n) is 19.1. The van der Waals surface area contributed by atoms with E-state index in [9.17, 15) is 19.5 Å². The van der Waals surface area contributed by atoms with Crippen molar-refractivity contribution in [3.05, 3.63) is 59.7 Å². The minimum atomic E-state index is -1.10. The van der Waals surface area contributed by atoms with Crippen molar-refractivity contribution in [3.63, 3.8) is 0 Å². The molecule has 4 rings (SSSR count). The predicted octanol–water partition coefficient (Wildman–Crippen LogP) is 4.44. The van der Waals surface area contributed by atoms with Crippen LogP contribution in [0.4, 0.5) is 4.79 Å². The number of nitrogens with zero attached hydrogens (tertiary/aromatic N) is 1. The van der Waals surface area contributed by atoms with Crippen LogP contribution in [0.2, 0.25) is 0 Å². The molecule has 2 aliphatic rings. The lowest BCUT2D eigenvalue weighted by Gasteiger charge is -2.26. The minimum absolute atomic E-state index is 0.0324. The largest absolute Gasteiger partial charge is 0.480 e. The molecule has 7 heteroatoms. The van der Waals surface area contributed by atoms with Crippen LogP contribution in [0, 0.1) is 5.92 Å². The summed E-state index contributed by atoms with van der Waals surface area (Å²) in [7, 11) is 0. The molecule has 33 heavy (non-hydrogen) atoms. The van der Waals surface area contributed by atoms with E-state index in [1.807, 2.05) is 24.3 Å². The van der Waals surface area contributed by atoms with Gasteiger partial charge in [0, 0.05) is 12.5 Å². The number of carbonyl (C=O) groups excluding carboxylic acids is 2. The number of hydrogen-bond donors (Lipinski definition) is 1. The second-order valence-corrected chi connectivity index (χ2v) is 9.70. The van der Waals surface area contributed by atoms with E-state index < -0.39 is 29.7 Å². The maximum Gasteiger partial charge on any atom is 0.411 e. The zero-order valence-corrected chi connectivity index (χ0v) is 19.1. The third-order valence-electron chi connectivity index (χ3n) is 6.13. The average Bonchev–Trinajstić information content (AvgIpc) is 3.31. The molecule has 7 nitrogen and oxygen atoms in total. The lowest BCUT2D eigenvalue weighted by atomic mass is 9.98. The van der Waals surface area contributed by atoms with Gasteiger partial charge < -0.3 is 14.6 Å². The summed E-state index contributed by atoms with van der Waals surface area (Å²) in [6, 6.07) is 15.2. The summed E-state index contributed by atoms with van der Waals surface area (Å²) >= 11 is 0. The molecule has 1 saturated heterocycles. The van der Waals surface area contributed by atoms with Crippen molar-refractivity contribution in [2.45, 2.75) is 51.2 Å². The van der Waals surface area contributed by atoms with Gasteiger partial charge in [-0.05, 0) is 55.4 Å². The second-order valence-electron chi connectivity index (χ2n) is 9.70. The lowest BCUT2D eigenvalue weighted by molar-refractivity contribution is -0.145. The molecule has 0 radical (unpaired) electrons. The molecule has 0 bridgehead atoms. The number of ether oxygens (including phenoxy) is 2. The first-order chi connectivity index (χ1) is 15.6. The van der Waals surface area contributed by atoms with Gasteiger partial charge in [0.2, 0.25) is 0 Å². The Hall–Kier alpha value is -3.35. The molecule has 1 aliphatic carbocycles. The molecular formula is C26H29NO6. The number of carboxylic acids is 1. The number of esters is 1. The molecule has 174 valence electrons. The van der Waals surface area contributed by atoms with Crippen LogP contribution in [-0.4, -0.2) is 52.8 Å². The maximum atomic E-state index is 12.7. The quantitative estimate of drug-likeness (QED) is 0.676. The Labute approximate surface area is 193 Å².